The summed E-state index contributed by atoms with van der Waals surface area (Å²) in [4.78, 5) is 6.41. The molecule has 1 aromatic carbocycles. The summed E-state index contributed by atoms with van der Waals surface area (Å²) >= 11 is 1.90. The minimum Gasteiger partial charge on any atom is -0.240 e. The van der Waals surface area contributed by atoms with Crippen molar-refractivity contribution < 1.29 is 0 Å². The van der Waals surface area contributed by atoms with Crippen LogP contribution < -0.4 is 0 Å². The van der Waals surface area contributed by atoms with Crippen molar-refractivity contribution in [2.75, 3.05) is 0 Å². The zero-order chi connectivity index (χ0) is 14.6. The van der Waals surface area contributed by atoms with E-state index in [9.17, 15) is 0 Å². The van der Waals surface area contributed by atoms with E-state index in [1.54, 1.807) is 0 Å². The molecule has 0 fully saturated rings. The van der Waals surface area contributed by atoms with Crippen LogP contribution in [-0.4, -0.2) is 4.98 Å². The number of hydrogen-bond donors (Lipinski definition) is 0. The van der Waals surface area contributed by atoms with E-state index in [0.29, 0.717) is 0 Å². The first kappa shape index (κ1) is 15.2. The van der Waals surface area contributed by atoms with Crippen LogP contribution in [-0.2, 0) is 11.8 Å². The van der Waals surface area contributed by atoms with Gasteiger partial charge in [0.05, 0.1) is 10.7 Å². The van der Waals surface area contributed by atoms with Crippen LogP contribution in [0.2, 0.25) is 0 Å². The van der Waals surface area contributed by atoms with Crippen molar-refractivity contribution in [3.8, 4) is 11.3 Å². The minimum atomic E-state index is 0.192. The van der Waals surface area contributed by atoms with Crippen molar-refractivity contribution in [3.63, 3.8) is 0 Å². The van der Waals surface area contributed by atoms with Crippen LogP contribution in [0.25, 0.3) is 11.3 Å². The molecule has 0 saturated carbocycles. The minimum absolute atomic E-state index is 0.192. The molecule has 1 heterocycles. The first-order valence-corrected chi connectivity index (χ1v) is 8.45. The van der Waals surface area contributed by atoms with E-state index >= 15 is 0 Å². The maximum Gasteiger partial charge on any atom is 0.0991 e. The van der Waals surface area contributed by atoms with Crippen LogP contribution in [0, 0.1) is 0 Å². The molecule has 0 aliphatic carbocycles. The summed E-state index contributed by atoms with van der Waals surface area (Å²) in [6.07, 6.45) is 4.80. The van der Waals surface area contributed by atoms with E-state index in [0.717, 1.165) is 6.42 Å². The second-order valence-electron chi connectivity index (χ2n) is 6.00. The number of aryl methyl sites for hydroxylation is 1. The van der Waals surface area contributed by atoms with Gasteiger partial charge in [0.25, 0.3) is 0 Å². The topological polar surface area (TPSA) is 12.9 Å². The summed E-state index contributed by atoms with van der Waals surface area (Å²) < 4.78 is 0. The van der Waals surface area contributed by atoms with Gasteiger partial charge < -0.3 is 0 Å². The van der Waals surface area contributed by atoms with E-state index in [4.69, 9.17) is 4.98 Å². The van der Waals surface area contributed by atoms with Gasteiger partial charge >= 0.3 is 0 Å². The van der Waals surface area contributed by atoms with Gasteiger partial charge in [-0.2, -0.15) is 0 Å². The normalized spacial score (nSPS) is 11.8. The van der Waals surface area contributed by atoms with Gasteiger partial charge in [0, 0.05) is 15.9 Å². The van der Waals surface area contributed by atoms with Crippen molar-refractivity contribution in [1.82, 2.24) is 4.98 Å². The average molecular weight is 287 g/mol. The molecule has 0 radical (unpaired) electrons. The molecule has 20 heavy (non-hydrogen) atoms. The van der Waals surface area contributed by atoms with Gasteiger partial charge in [0.1, 0.15) is 0 Å². The lowest BCUT2D eigenvalue weighted by Gasteiger charge is -2.21. The number of rotatable bonds is 6. The third-order valence-corrected chi connectivity index (χ3v) is 5.37. The van der Waals surface area contributed by atoms with Crippen LogP contribution in [0.1, 0.15) is 56.8 Å². The third-order valence-electron chi connectivity index (χ3n) is 3.80. The van der Waals surface area contributed by atoms with E-state index < -0.39 is 0 Å². The largest absolute Gasteiger partial charge is 0.240 e. The van der Waals surface area contributed by atoms with Crippen LogP contribution in [0.15, 0.2) is 30.3 Å². The molecule has 0 amide bonds. The summed E-state index contributed by atoms with van der Waals surface area (Å²) in [6.45, 7) is 9.14. The standard InChI is InChI=1S/C18H25NS/c1-5-7-13-18(3,4)17-19-16(15(6-2)20-17)14-11-9-8-10-12-14/h8-12H,5-7,13H2,1-4H3. The van der Waals surface area contributed by atoms with Crippen molar-refractivity contribution in [3.05, 3.63) is 40.2 Å². The van der Waals surface area contributed by atoms with E-state index in [1.807, 2.05) is 11.3 Å². The number of benzene rings is 1. The molecule has 1 aromatic heterocycles. The number of nitrogens with zero attached hydrogens (tertiary/aromatic N) is 1. The molecule has 0 aliphatic heterocycles. The Morgan fingerprint density at radius 3 is 2.40 bits per heavy atom. The Morgan fingerprint density at radius 2 is 1.80 bits per heavy atom. The van der Waals surface area contributed by atoms with Crippen LogP contribution in [0.5, 0.6) is 0 Å². The zero-order valence-corrected chi connectivity index (χ0v) is 13.9. The Hall–Kier alpha value is -1.15. The maximum atomic E-state index is 4.99. The average Bonchev–Trinajstić information content (AvgIpc) is 2.91. The summed E-state index contributed by atoms with van der Waals surface area (Å²) in [6, 6.07) is 10.6. The molecular formula is C18H25NS. The molecule has 2 heteroatoms. The third kappa shape index (κ3) is 3.29. The fourth-order valence-electron chi connectivity index (χ4n) is 2.43. The number of thiazole rings is 1. The molecule has 2 rings (SSSR count). The number of aromatic nitrogens is 1. The molecule has 1 nitrogen and oxygen atoms in total. The molecule has 0 unspecified atom stereocenters. The van der Waals surface area contributed by atoms with Gasteiger partial charge in [-0.1, -0.05) is 70.9 Å². The van der Waals surface area contributed by atoms with E-state index in [1.165, 1.54) is 40.4 Å². The predicted octanol–water partition coefficient (Wildman–Crippen LogP) is 5.84. The van der Waals surface area contributed by atoms with E-state index in [-0.39, 0.29) is 5.41 Å². The SMILES string of the molecule is CCCCC(C)(C)c1nc(-c2ccccc2)c(CC)s1. The maximum absolute atomic E-state index is 4.99. The number of hydrogen-bond acceptors (Lipinski definition) is 2. The fraction of sp³-hybridized carbons (Fsp3) is 0.500. The Kier molecular flexibility index (Phi) is 4.98. The van der Waals surface area contributed by atoms with Gasteiger partial charge in [0.2, 0.25) is 0 Å². The summed E-state index contributed by atoms with van der Waals surface area (Å²) in [7, 11) is 0. The highest BCUT2D eigenvalue weighted by Crippen LogP contribution is 2.37. The van der Waals surface area contributed by atoms with Gasteiger partial charge in [-0.3, -0.25) is 0 Å². The first-order valence-electron chi connectivity index (χ1n) is 7.64. The smallest absolute Gasteiger partial charge is 0.0991 e. The lowest BCUT2D eigenvalue weighted by atomic mass is 9.88. The van der Waals surface area contributed by atoms with Crippen molar-refractivity contribution >= 4 is 11.3 Å². The monoisotopic (exact) mass is 287 g/mol. The highest BCUT2D eigenvalue weighted by Gasteiger charge is 2.25. The molecule has 2 aromatic rings. The van der Waals surface area contributed by atoms with Gasteiger partial charge in [-0.05, 0) is 12.8 Å². The summed E-state index contributed by atoms with van der Waals surface area (Å²) in [5, 5.41) is 1.29. The van der Waals surface area contributed by atoms with Gasteiger partial charge in [-0.25, -0.2) is 4.98 Å². The Morgan fingerprint density at radius 1 is 1.10 bits per heavy atom. The Labute approximate surface area is 127 Å². The number of unbranched alkanes of at least 4 members (excludes halogenated alkanes) is 1. The van der Waals surface area contributed by atoms with Crippen molar-refractivity contribution in [1.29, 1.82) is 0 Å². The molecule has 108 valence electrons. The zero-order valence-electron chi connectivity index (χ0n) is 13.1. The van der Waals surface area contributed by atoms with E-state index in [2.05, 4.69) is 58.0 Å². The molecule has 0 N–H and O–H groups in total. The van der Waals surface area contributed by atoms with Crippen molar-refractivity contribution in [2.45, 2.75) is 58.8 Å². The Balaban J connectivity index is 2.36. The van der Waals surface area contributed by atoms with Crippen LogP contribution in [0.4, 0.5) is 0 Å². The van der Waals surface area contributed by atoms with Crippen LogP contribution in [0.3, 0.4) is 0 Å². The highest BCUT2D eigenvalue weighted by atomic mass is 32.1. The van der Waals surface area contributed by atoms with Crippen molar-refractivity contribution in [2.24, 2.45) is 0 Å². The lowest BCUT2D eigenvalue weighted by molar-refractivity contribution is 0.456. The second-order valence-corrected chi connectivity index (χ2v) is 7.08. The van der Waals surface area contributed by atoms with Crippen LogP contribution >= 0.6 is 11.3 Å². The molecule has 0 saturated heterocycles. The molecule has 0 spiro atoms. The quantitative estimate of drug-likeness (QED) is 0.650. The Bertz CT molecular complexity index is 540. The molecule has 0 atom stereocenters. The summed E-state index contributed by atoms with van der Waals surface area (Å²) in [5.41, 5.74) is 2.63. The molecular weight excluding hydrogens is 262 g/mol. The molecule has 0 aliphatic rings. The predicted molar refractivity (Wildman–Crippen MR) is 89.5 cm³/mol. The van der Waals surface area contributed by atoms with Gasteiger partial charge in [0.15, 0.2) is 0 Å². The lowest BCUT2D eigenvalue weighted by Crippen LogP contribution is -2.16. The van der Waals surface area contributed by atoms with Gasteiger partial charge in [-0.15, -0.1) is 11.3 Å². The highest BCUT2D eigenvalue weighted by molar-refractivity contribution is 7.12. The fourth-order valence-corrected chi connectivity index (χ4v) is 3.58. The second kappa shape index (κ2) is 6.53. The molecule has 0 bridgehead atoms. The summed E-state index contributed by atoms with van der Waals surface area (Å²) in [5.74, 6) is 0. The first-order chi connectivity index (χ1) is 9.58.